The minimum Gasteiger partial charge on any atom is -0.335 e. The molecule has 5 nitrogen and oxygen atoms in total. The van der Waals surface area contributed by atoms with Crippen molar-refractivity contribution in [2.75, 3.05) is 5.75 Å². The van der Waals surface area contributed by atoms with E-state index in [9.17, 15) is 0 Å². The first-order chi connectivity index (χ1) is 7.69. The van der Waals surface area contributed by atoms with E-state index in [0.717, 1.165) is 23.1 Å². The Kier molecular flexibility index (Phi) is 3.00. The highest BCUT2D eigenvalue weighted by atomic mass is 32.2. The topological polar surface area (TPSA) is 67.7 Å². The molecule has 0 bridgehead atoms. The van der Waals surface area contributed by atoms with E-state index in [1.807, 2.05) is 18.4 Å². The van der Waals surface area contributed by atoms with Crippen molar-refractivity contribution in [1.82, 2.24) is 14.7 Å². The van der Waals surface area contributed by atoms with Crippen LogP contribution in [-0.4, -0.2) is 20.5 Å². The summed E-state index contributed by atoms with van der Waals surface area (Å²) in [6, 6.07) is 0. The average Bonchev–Trinajstić information content (AvgIpc) is 2.61. The van der Waals surface area contributed by atoms with Crippen LogP contribution < -0.4 is 5.49 Å². The van der Waals surface area contributed by atoms with Crippen molar-refractivity contribution in [2.45, 2.75) is 32.5 Å². The molecule has 0 aliphatic rings. The highest BCUT2D eigenvalue weighted by molar-refractivity contribution is 7.99. The van der Waals surface area contributed by atoms with Gasteiger partial charge in [0.1, 0.15) is 10.9 Å². The molecule has 0 saturated carbocycles. The summed E-state index contributed by atoms with van der Waals surface area (Å²) in [4.78, 5) is 4.39. The molecule has 0 spiro atoms. The zero-order valence-electron chi connectivity index (χ0n) is 9.57. The largest absolute Gasteiger partial charge is 0.335 e. The van der Waals surface area contributed by atoms with Crippen LogP contribution in [0.4, 0.5) is 0 Å². The molecule has 6 heteroatoms. The molecule has 2 aromatic rings. The SMILES string of the molecule is CCSc1nc2onc(C)c2c(=N)n1CC. The molecule has 1 N–H and O–H groups in total. The Balaban J connectivity index is 2.78. The van der Waals surface area contributed by atoms with Gasteiger partial charge in [0, 0.05) is 6.54 Å². The van der Waals surface area contributed by atoms with E-state index in [2.05, 4.69) is 17.1 Å². The Morgan fingerprint density at radius 3 is 2.81 bits per heavy atom. The molecule has 16 heavy (non-hydrogen) atoms. The Morgan fingerprint density at radius 2 is 2.19 bits per heavy atom. The van der Waals surface area contributed by atoms with Crippen molar-refractivity contribution >= 4 is 22.9 Å². The minimum absolute atomic E-state index is 0.433. The number of aryl methyl sites for hydroxylation is 1. The van der Waals surface area contributed by atoms with Crippen LogP contribution in [0.5, 0.6) is 0 Å². The summed E-state index contributed by atoms with van der Waals surface area (Å²) in [5.74, 6) is 0.922. The van der Waals surface area contributed by atoms with Crippen molar-refractivity contribution in [1.29, 1.82) is 5.41 Å². The monoisotopic (exact) mass is 238 g/mol. The summed E-state index contributed by atoms with van der Waals surface area (Å²) in [6.45, 7) is 6.63. The van der Waals surface area contributed by atoms with Crippen LogP contribution in [0.1, 0.15) is 19.5 Å². The van der Waals surface area contributed by atoms with E-state index in [4.69, 9.17) is 9.93 Å². The van der Waals surface area contributed by atoms with Gasteiger partial charge in [0.15, 0.2) is 5.16 Å². The third kappa shape index (κ3) is 1.63. The normalized spacial score (nSPS) is 11.2. The quantitative estimate of drug-likeness (QED) is 0.655. The van der Waals surface area contributed by atoms with E-state index in [1.54, 1.807) is 11.8 Å². The van der Waals surface area contributed by atoms with Gasteiger partial charge < -0.3 is 9.09 Å². The van der Waals surface area contributed by atoms with Crippen molar-refractivity contribution < 1.29 is 4.52 Å². The number of thioether (sulfide) groups is 1. The molecule has 2 aromatic heterocycles. The Bertz CT molecular complexity index is 572. The Morgan fingerprint density at radius 1 is 1.44 bits per heavy atom. The number of nitrogens with zero attached hydrogens (tertiary/aromatic N) is 3. The van der Waals surface area contributed by atoms with Gasteiger partial charge in [-0.1, -0.05) is 23.8 Å². The van der Waals surface area contributed by atoms with Gasteiger partial charge in [-0.05, 0) is 19.6 Å². The molecule has 0 aliphatic carbocycles. The van der Waals surface area contributed by atoms with Crippen LogP contribution in [0.25, 0.3) is 11.1 Å². The van der Waals surface area contributed by atoms with Gasteiger partial charge in [0.2, 0.25) is 0 Å². The number of hydrogen-bond donors (Lipinski definition) is 1. The summed E-state index contributed by atoms with van der Waals surface area (Å²) < 4.78 is 6.98. The number of nitrogens with one attached hydrogen (secondary N) is 1. The predicted octanol–water partition coefficient (Wildman–Crippen LogP) is 1.94. The molecule has 0 amide bonds. The third-order valence-corrected chi connectivity index (χ3v) is 3.23. The van der Waals surface area contributed by atoms with Crippen LogP contribution in [0, 0.1) is 12.3 Å². The fourth-order valence-corrected chi connectivity index (χ4v) is 2.40. The maximum absolute atomic E-state index is 8.13. The predicted molar refractivity (Wildman–Crippen MR) is 62.5 cm³/mol. The lowest BCUT2D eigenvalue weighted by Gasteiger charge is -2.09. The first-order valence-corrected chi connectivity index (χ1v) is 6.21. The molecule has 0 unspecified atom stereocenters. The number of rotatable bonds is 3. The highest BCUT2D eigenvalue weighted by Gasteiger charge is 2.13. The van der Waals surface area contributed by atoms with Gasteiger partial charge in [-0.15, -0.1) is 0 Å². The maximum Gasteiger partial charge on any atom is 0.264 e. The zero-order chi connectivity index (χ0) is 11.7. The molecule has 2 rings (SSSR count). The second-order valence-corrected chi connectivity index (χ2v) is 4.60. The standard InChI is InChI=1S/C10H14N4OS/c1-4-14-8(11)7-6(3)13-15-9(7)12-10(14)16-5-2/h11H,4-5H2,1-3H3. The van der Waals surface area contributed by atoms with Gasteiger partial charge in [-0.3, -0.25) is 5.41 Å². The molecule has 0 fully saturated rings. The van der Waals surface area contributed by atoms with Gasteiger partial charge in [-0.25, -0.2) is 0 Å². The van der Waals surface area contributed by atoms with Crippen molar-refractivity contribution in [3.63, 3.8) is 0 Å². The molecular formula is C10H14N4OS. The Labute approximate surface area is 97.4 Å². The summed E-state index contributed by atoms with van der Waals surface area (Å²) >= 11 is 1.61. The molecule has 0 atom stereocenters. The first kappa shape index (κ1) is 11.2. The van der Waals surface area contributed by atoms with E-state index < -0.39 is 0 Å². The average molecular weight is 238 g/mol. The smallest absolute Gasteiger partial charge is 0.264 e. The van der Waals surface area contributed by atoms with E-state index >= 15 is 0 Å². The van der Waals surface area contributed by atoms with E-state index in [-0.39, 0.29) is 0 Å². The summed E-state index contributed by atoms with van der Waals surface area (Å²) in [5, 5.41) is 13.5. The highest BCUT2D eigenvalue weighted by Crippen LogP contribution is 2.18. The van der Waals surface area contributed by atoms with Crippen LogP contribution in [0.2, 0.25) is 0 Å². The summed E-state index contributed by atoms with van der Waals surface area (Å²) in [6.07, 6.45) is 0. The Hall–Kier alpha value is -1.30. The van der Waals surface area contributed by atoms with Gasteiger partial charge in [0.05, 0.1) is 5.69 Å². The fourth-order valence-electron chi connectivity index (χ4n) is 1.62. The second kappa shape index (κ2) is 4.29. The third-order valence-electron chi connectivity index (χ3n) is 2.37. The lowest BCUT2D eigenvalue weighted by Crippen LogP contribution is -2.22. The molecule has 0 aromatic carbocycles. The van der Waals surface area contributed by atoms with Gasteiger partial charge in [0.25, 0.3) is 5.71 Å². The van der Waals surface area contributed by atoms with Crippen LogP contribution in [0.3, 0.4) is 0 Å². The van der Waals surface area contributed by atoms with Crippen LogP contribution in [0.15, 0.2) is 9.68 Å². The number of hydrogen-bond acceptors (Lipinski definition) is 5. The molecular weight excluding hydrogens is 224 g/mol. The van der Waals surface area contributed by atoms with Crippen LogP contribution in [-0.2, 0) is 6.54 Å². The van der Waals surface area contributed by atoms with Crippen molar-refractivity contribution in [2.24, 2.45) is 0 Å². The van der Waals surface area contributed by atoms with Gasteiger partial charge in [-0.2, -0.15) is 4.98 Å². The second-order valence-electron chi connectivity index (χ2n) is 3.37. The fraction of sp³-hybridized carbons (Fsp3) is 0.500. The molecule has 2 heterocycles. The molecule has 0 aliphatic heterocycles. The number of fused-ring (bicyclic) bond motifs is 1. The molecule has 0 saturated heterocycles. The lowest BCUT2D eigenvalue weighted by molar-refractivity contribution is 0.438. The first-order valence-electron chi connectivity index (χ1n) is 5.23. The van der Waals surface area contributed by atoms with E-state index in [1.165, 1.54) is 0 Å². The van der Waals surface area contributed by atoms with E-state index in [0.29, 0.717) is 16.6 Å². The lowest BCUT2D eigenvalue weighted by atomic mass is 10.3. The van der Waals surface area contributed by atoms with Crippen LogP contribution >= 0.6 is 11.8 Å². The zero-order valence-corrected chi connectivity index (χ0v) is 10.4. The summed E-state index contributed by atoms with van der Waals surface area (Å²) in [7, 11) is 0. The molecule has 0 radical (unpaired) electrons. The van der Waals surface area contributed by atoms with Crippen molar-refractivity contribution in [3.8, 4) is 0 Å². The van der Waals surface area contributed by atoms with Gasteiger partial charge >= 0.3 is 0 Å². The number of aromatic nitrogens is 3. The summed E-state index contributed by atoms with van der Waals surface area (Å²) in [5.41, 5.74) is 1.62. The molecule has 86 valence electrons. The maximum atomic E-state index is 8.13. The minimum atomic E-state index is 0.433. The van der Waals surface area contributed by atoms with Crippen molar-refractivity contribution in [3.05, 3.63) is 11.2 Å².